The number of hydrogen-bond acceptors (Lipinski definition) is 7. The summed E-state index contributed by atoms with van der Waals surface area (Å²) in [6.07, 6.45) is -4.24. The number of hydroxylamine groups is 2. The fourth-order valence-electron chi connectivity index (χ4n) is 4.21. The quantitative estimate of drug-likeness (QED) is 0.295. The first-order valence-electron chi connectivity index (χ1n) is 11.6. The standard InChI is InChI=1S/C23H25F5N4O4S/c24-22(25,23(26,27)28)8-7-16-13-31-19(14-30-16)15-1-5-18(6-2-15)37(35,36)21(9-11-29-12-10-21)20(33)32(34)17-3-4-17/h1-2,5-6,13-14,17,29,34H,3-4,7-12H2. The van der Waals surface area contributed by atoms with E-state index in [-0.39, 0.29) is 35.2 Å². The van der Waals surface area contributed by atoms with Gasteiger partial charge in [-0.1, -0.05) is 12.1 Å². The first-order valence-corrected chi connectivity index (χ1v) is 13.1. The van der Waals surface area contributed by atoms with E-state index in [9.17, 15) is 40.4 Å². The Bertz CT molecular complexity index is 1230. The first-order chi connectivity index (χ1) is 17.3. The molecule has 2 N–H and O–H groups in total. The van der Waals surface area contributed by atoms with Crippen molar-refractivity contribution in [1.82, 2.24) is 20.3 Å². The van der Waals surface area contributed by atoms with Crippen molar-refractivity contribution in [3.05, 3.63) is 42.4 Å². The number of sulfone groups is 1. The summed E-state index contributed by atoms with van der Waals surface area (Å²) < 4.78 is 88.8. The van der Waals surface area contributed by atoms with Crippen LogP contribution in [0.4, 0.5) is 22.0 Å². The Kier molecular flexibility index (Phi) is 7.29. The minimum atomic E-state index is -5.65. The second kappa shape index (κ2) is 9.87. The number of benzene rings is 1. The van der Waals surface area contributed by atoms with E-state index in [1.54, 1.807) is 0 Å². The molecule has 2 heterocycles. The molecule has 0 unspecified atom stereocenters. The van der Waals surface area contributed by atoms with E-state index in [0.29, 0.717) is 36.6 Å². The number of rotatable bonds is 8. The monoisotopic (exact) mass is 548 g/mol. The van der Waals surface area contributed by atoms with Crippen LogP contribution >= 0.6 is 0 Å². The maximum atomic E-state index is 13.7. The number of halogens is 5. The van der Waals surface area contributed by atoms with Crippen LogP contribution in [-0.4, -0.2) is 70.5 Å². The zero-order valence-corrected chi connectivity index (χ0v) is 20.3. The highest BCUT2D eigenvalue weighted by Gasteiger charge is 2.57. The smallest absolute Gasteiger partial charge is 0.317 e. The normalized spacial score (nSPS) is 18.4. The van der Waals surface area contributed by atoms with Gasteiger partial charge in [-0.25, -0.2) is 13.5 Å². The number of amides is 1. The van der Waals surface area contributed by atoms with E-state index >= 15 is 0 Å². The Morgan fingerprint density at radius 2 is 1.68 bits per heavy atom. The molecular formula is C23H25F5N4O4S. The van der Waals surface area contributed by atoms with Gasteiger partial charge in [0.2, 0.25) is 0 Å². The lowest BCUT2D eigenvalue weighted by Crippen LogP contribution is -2.58. The van der Waals surface area contributed by atoms with Crippen molar-refractivity contribution in [2.24, 2.45) is 0 Å². The van der Waals surface area contributed by atoms with Gasteiger partial charge in [0.1, 0.15) is 0 Å². The number of carbonyl (C=O) groups is 1. The molecule has 14 heteroatoms. The molecule has 0 atom stereocenters. The number of aryl methyl sites for hydroxylation is 1. The van der Waals surface area contributed by atoms with Crippen molar-refractivity contribution in [2.45, 2.75) is 66.3 Å². The summed E-state index contributed by atoms with van der Waals surface area (Å²) in [5, 5.41) is 13.9. The molecule has 8 nitrogen and oxygen atoms in total. The Balaban J connectivity index is 1.52. The van der Waals surface area contributed by atoms with Crippen molar-refractivity contribution in [2.75, 3.05) is 13.1 Å². The lowest BCUT2D eigenvalue weighted by molar-refractivity contribution is -0.284. The summed E-state index contributed by atoms with van der Waals surface area (Å²) >= 11 is 0. The van der Waals surface area contributed by atoms with Crippen molar-refractivity contribution in [1.29, 1.82) is 0 Å². The maximum absolute atomic E-state index is 13.7. The largest absolute Gasteiger partial charge is 0.453 e. The van der Waals surface area contributed by atoms with Gasteiger partial charge in [-0.3, -0.25) is 20.0 Å². The zero-order valence-electron chi connectivity index (χ0n) is 19.5. The van der Waals surface area contributed by atoms with Gasteiger partial charge in [0.25, 0.3) is 5.91 Å². The Labute approximate surface area is 209 Å². The van der Waals surface area contributed by atoms with Crippen molar-refractivity contribution in [3.63, 3.8) is 0 Å². The molecule has 37 heavy (non-hydrogen) atoms. The number of aromatic nitrogens is 2. The number of nitrogens with one attached hydrogen (secondary N) is 1. The second-order valence-electron chi connectivity index (χ2n) is 9.25. The molecule has 1 aliphatic carbocycles. The third kappa shape index (κ3) is 5.32. The number of hydrogen-bond donors (Lipinski definition) is 2. The van der Waals surface area contributed by atoms with Crippen LogP contribution in [0, 0.1) is 0 Å². The van der Waals surface area contributed by atoms with E-state index in [1.165, 1.54) is 30.5 Å². The van der Waals surface area contributed by atoms with E-state index in [0.717, 1.165) is 6.20 Å². The molecular weight excluding hydrogens is 523 g/mol. The highest BCUT2D eigenvalue weighted by molar-refractivity contribution is 7.93. The molecule has 2 aliphatic rings. The van der Waals surface area contributed by atoms with Crippen LogP contribution in [0.15, 0.2) is 41.6 Å². The highest BCUT2D eigenvalue weighted by Crippen LogP contribution is 2.40. The Morgan fingerprint density at radius 1 is 1.05 bits per heavy atom. The van der Waals surface area contributed by atoms with Gasteiger partial charge in [-0.2, -0.15) is 22.0 Å². The molecule has 1 aromatic heterocycles. The molecule has 1 amide bonds. The van der Waals surface area contributed by atoms with Crippen LogP contribution < -0.4 is 5.32 Å². The van der Waals surface area contributed by atoms with Crippen LogP contribution in [0.2, 0.25) is 0 Å². The van der Waals surface area contributed by atoms with Crippen molar-refractivity contribution in [3.8, 4) is 11.3 Å². The van der Waals surface area contributed by atoms with Crippen molar-refractivity contribution < 1.29 is 40.4 Å². The molecule has 0 bridgehead atoms. The summed E-state index contributed by atoms with van der Waals surface area (Å²) in [5.41, 5.74) is 0.617. The van der Waals surface area contributed by atoms with Crippen LogP contribution in [-0.2, 0) is 21.1 Å². The summed E-state index contributed by atoms with van der Waals surface area (Å²) in [6, 6.07) is 5.11. The molecule has 1 saturated heterocycles. The fourth-order valence-corrected chi connectivity index (χ4v) is 6.22. The molecule has 1 aromatic carbocycles. The lowest BCUT2D eigenvalue weighted by Gasteiger charge is -2.37. The van der Waals surface area contributed by atoms with Gasteiger partial charge >= 0.3 is 12.1 Å². The summed E-state index contributed by atoms with van der Waals surface area (Å²) in [4.78, 5) is 21.0. The molecule has 0 spiro atoms. The minimum absolute atomic E-state index is 0.0000201. The number of piperidine rings is 1. The van der Waals surface area contributed by atoms with Gasteiger partial charge in [0.05, 0.1) is 28.5 Å². The molecule has 2 aromatic rings. The molecule has 0 radical (unpaired) electrons. The maximum Gasteiger partial charge on any atom is 0.453 e. The number of alkyl halides is 5. The van der Waals surface area contributed by atoms with Gasteiger partial charge in [0, 0.05) is 18.2 Å². The van der Waals surface area contributed by atoms with E-state index in [4.69, 9.17) is 0 Å². The van der Waals surface area contributed by atoms with Crippen LogP contribution in [0.3, 0.4) is 0 Å². The molecule has 1 aliphatic heterocycles. The number of carbonyl (C=O) groups excluding carboxylic acids is 1. The second-order valence-corrected chi connectivity index (χ2v) is 11.5. The van der Waals surface area contributed by atoms with Gasteiger partial charge in [0.15, 0.2) is 14.6 Å². The molecule has 4 rings (SSSR count). The fraction of sp³-hybridized carbons (Fsp3) is 0.522. The molecule has 1 saturated carbocycles. The van der Waals surface area contributed by atoms with E-state index in [2.05, 4.69) is 15.3 Å². The lowest BCUT2D eigenvalue weighted by atomic mass is 9.95. The van der Waals surface area contributed by atoms with Crippen LogP contribution in [0.1, 0.15) is 37.8 Å². The van der Waals surface area contributed by atoms with Gasteiger partial charge in [-0.15, -0.1) is 0 Å². The third-order valence-electron chi connectivity index (χ3n) is 6.69. The number of nitrogens with zero attached hydrogens (tertiary/aromatic N) is 3. The SMILES string of the molecule is O=C(N(O)C1CC1)C1(S(=O)(=O)c2ccc(-c3cnc(CCC(F)(F)C(F)(F)F)cn3)cc2)CCNCC1. The highest BCUT2D eigenvalue weighted by atomic mass is 32.2. The summed E-state index contributed by atoms with van der Waals surface area (Å²) in [7, 11) is -4.20. The molecule has 202 valence electrons. The first kappa shape index (κ1) is 27.3. The Hall–Kier alpha value is -2.71. The predicted octanol–water partition coefficient (Wildman–Crippen LogP) is 3.55. The van der Waals surface area contributed by atoms with E-state index in [1.807, 2.05) is 0 Å². The van der Waals surface area contributed by atoms with E-state index < -0.39 is 45.4 Å². The zero-order chi connectivity index (χ0) is 27.1. The average Bonchev–Trinajstić information content (AvgIpc) is 3.72. The van der Waals surface area contributed by atoms with Crippen molar-refractivity contribution >= 4 is 15.7 Å². The van der Waals surface area contributed by atoms with Crippen LogP contribution in [0.5, 0.6) is 0 Å². The average molecular weight is 549 g/mol. The molecule has 2 fully saturated rings. The van der Waals surface area contributed by atoms with Gasteiger partial charge in [-0.05, 0) is 57.3 Å². The Morgan fingerprint density at radius 3 is 2.19 bits per heavy atom. The predicted molar refractivity (Wildman–Crippen MR) is 120 cm³/mol. The van der Waals surface area contributed by atoms with Crippen LogP contribution in [0.25, 0.3) is 11.3 Å². The summed E-state index contributed by atoms with van der Waals surface area (Å²) in [6.45, 7) is 0.580. The minimum Gasteiger partial charge on any atom is -0.317 e. The van der Waals surface area contributed by atoms with Gasteiger partial charge < -0.3 is 5.32 Å². The third-order valence-corrected chi connectivity index (χ3v) is 9.20. The topological polar surface area (TPSA) is 112 Å². The summed E-state index contributed by atoms with van der Waals surface area (Å²) in [5.74, 6) is -5.67.